The number of nitrogens with zero attached hydrogens (tertiary/aromatic N) is 3. The maximum atomic E-state index is 13.3. The molecule has 0 saturated carbocycles. The van der Waals surface area contributed by atoms with Gasteiger partial charge < -0.3 is 4.74 Å². The Hall–Kier alpha value is -1.64. The molecule has 1 aliphatic rings. The number of anilines is 1. The second kappa shape index (κ2) is 10.3. The molecule has 5 nitrogen and oxygen atoms in total. The van der Waals surface area contributed by atoms with E-state index in [0.717, 1.165) is 58.7 Å². The molecule has 4 rings (SSSR count). The Bertz CT molecular complexity index is 1010. The van der Waals surface area contributed by atoms with Crippen molar-refractivity contribution in [3.63, 3.8) is 0 Å². The summed E-state index contributed by atoms with van der Waals surface area (Å²) >= 11 is 9.12. The van der Waals surface area contributed by atoms with E-state index in [1.165, 1.54) is 17.3 Å². The minimum Gasteiger partial charge on any atom is -0.379 e. The Morgan fingerprint density at radius 2 is 1.87 bits per heavy atom. The number of hydrogen-bond donors (Lipinski definition) is 0. The number of ether oxygens (including phenoxy) is 1. The summed E-state index contributed by atoms with van der Waals surface area (Å²) < 4.78 is 6.61. The highest BCUT2D eigenvalue weighted by molar-refractivity contribution is 8.00. The zero-order valence-corrected chi connectivity index (χ0v) is 20.2. The Kier molecular flexibility index (Phi) is 7.51. The molecular formula is C23H26ClN3O2S2. The van der Waals surface area contributed by atoms with Crippen LogP contribution >= 0.6 is 34.7 Å². The highest BCUT2D eigenvalue weighted by Crippen LogP contribution is 2.33. The number of fused-ring (bicyclic) bond motifs is 1. The van der Waals surface area contributed by atoms with Crippen molar-refractivity contribution >= 4 is 56.0 Å². The van der Waals surface area contributed by atoms with Crippen LogP contribution in [-0.2, 0) is 9.53 Å². The molecule has 31 heavy (non-hydrogen) atoms. The van der Waals surface area contributed by atoms with Gasteiger partial charge in [-0.25, -0.2) is 4.98 Å². The van der Waals surface area contributed by atoms with Crippen molar-refractivity contribution in [2.75, 3.05) is 50.0 Å². The fourth-order valence-electron chi connectivity index (χ4n) is 3.51. The predicted molar refractivity (Wildman–Crippen MR) is 131 cm³/mol. The molecule has 1 fully saturated rings. The van der Waals surface area contributed by atoms with E-state index < -0.39 is 0 Å². The lowest BCUT2D eigenvalue weighted by Crippen LogP contribution is -2.43. The number of aryl methyl sites for hydroxylation is 2. The molecule has 1 aromatic heterocycles. The monoisotopic (exact) mass is 475 g/mol. The molecule has 0 spiro atoms. The van der Waals surface area contributed by atoms with Crippen LogP contribution in [0, 0.1) is 13.8 Å². The fraction of sp³-hybridized carbons (Fsp3) is 0.391. The van der Waals surface area contributed by atoms with Crippen LogP contribution in [0.2, 0.25) is 5.02 Å². The first kappa shape index (κ1) is 22.6. The Balaban J connectivity index is 1.54. The highest BCUT2D eigenvalue weighted by Gasteiger charge is 2.22. The smallest absolute Gasteiger partial charge is 0.239 e. The van der Waals surface area contributed by atoms with Crippen LogP contribution in [0.25, 0.3) is 10.2 Å². The highest BCUT2D eigenvalue weighted by atomic mass is 35.5. The largest absolute Gasteiger partial charge is 0.379 e. The first-order valence-corrected chi connectivity index (χ1v) is 12.5. The van der Waals surface area contributed by atoms with Gasteiger partial charge in [-0.1, -0.05) is 35.1 Å². The zero-order chi connectivity index (χ0) is 21.8. The summed E-state index contributed by atoms with van der Waals surface area (Å²) in [6.45, 7) is 8.91. The van der Waals surface area contributed by atoms with E-state index >= 15 is 0 Å². The van der Waals surface area contributed by atoms with Gasteiger partial charge in [0, 0.05) is 36.1 Å². The molecule has 0 aliphatic carbocycles. The number of thioether (sulfide) groups is 1. The maximum Gasteiger partial charge on any atom is 0.239 e. The molecule has 0 unspecified atom stereocenters. The fourth-order valence-corrected chi connectivity index (χ4v) is 5.57. The molecule has 1 amide bonds. The zero-order valence-electron chi connectivity index (χ0n) is 17.8. The van der Waals surface area contributed by atoms with Crippen molar-refractivity contribution in [2.45, 2.75) is 18.7 Å². The van der Waals surface area contributed by atoms with Crippen LogP contribution in [0.1, 0.15) is 11.1 Å². The minimum absolute atomic E-state index is 0.0718. The number of hydrogen-bond acceptors (Lipinski definition) is 6. The van der Waals surface area contributed by atoms with Crippen molar-refractivity contribution in [2.24, 2.45) is 0 Å². The number of thiazole rings is 1. The van der Waals surface area contributed by atoms with Crippen LogP contribution in [0.4, 0.5) is 5.13 Å². The summed E-state index contributed by atoms with van der Waals surface area (Å²) in [7, 11) is 0. The summed E-state index contributed by atoms with van der Waals surface area (Å²) in [5.74, 6) is 0.432. The van der Waals surface area contributed by atoms with Gasteiger partial charge in [-0.2, -0.15) is 0 Å². The Labute approximate surface area is 196 Å². The van der Waals surface area contributed by atoms with E-state index in [2.05, 4.69) is 30.9 Å². The number of amides is 1. The molecule has 2 aromatic carbocycles. The van der Waals surface area contributed by atoms with Gasteiger partial charge in [-0.3, -0.25) is 14.6 Å². The van der Waals surface area contributed by atoms with E-state index in [9.17, 15) is 4.79 Å². The normalized spacial score (nSPS) is 14.8. The molecule has 0 atom stereocenters. The number of benzene rings is 2. The van der Waals surface area contributed by atoms with E-state index in [-0.39, 0.29) is 5.91 Å². The summed E-state index contributed by atoms with van der Waals surface area (Å²) in [5, 5.41) is 1.48. The van der Waals surface area contributed by atoms with Crippen molar-refractivity contribution in [1.29, 1.82) is 0 Å². The molecule has 3 aromatic rings. The third-order valence-electron chi connectivity index (χ3n) is 5.38. The van der Waals surface area contributed by atoms with Crippen molar-refractivity contribution in [3.05, 3.63) is 52.5 Å². The average molecular weight is 476 g/mol. The molecule has 164 valence electrons. The van der Waals surface area contributed by atoms with Gasteiger partial charge in [0.2, 0.25) is 5.91 Å². The standard InChI is InChI=1S/C23H26ClN3O2S2/c1-16-3-4-17(2)22-21(16)25-23(31-22)27(10-9-26-11-13-29-14-12-26)20(28)15-30-19-7-5-18(24)6-8-19/h3-8H,9-15H2,1-2H3. The molecule has 0 radical (unpaired) electrons. The van der Waals surface area contributed by atoms with Crippen LogP contribution in [-0.4, -0.2) is 60.9 Å². The van der Waals surface area contributed by atoms with E-state index in [4.69, 9.17) is 21.3 Å². The number of carbonyl (C=O) groups excluding carboxylic acids is 1. The summed E-state index contributed by atoms with van der Waals surface area (Å²) in [4.78, 5) is 23.4. The summed E-state index contributed by atoms with van der Waals surface area (Å²) in [5.41, 5.74) is 3.33. The van der Waals surface area contributed by atoms with Crippen molar-refractivity contribution < 1.29 is 9.53 Å². The number of halogens is 1. The van der Waals surface area contributed by atoms with Crippen LogP contribution < -0.4 is 4.90 Å². The van der Waals surface area contributed by atoms with Crippen LogP contribution in [0.3, 0.4) is 0 Å². The minimum atomic E-state index is 0.0718. The molecule has 0 N–H and O–H groups in total. The molecule has 0 bridgehead atoms. The number of carbonyl (C=O) groups is 1. The van der Waals surface area contributed by atoms with Crippen molar-refractivity contribution in [3.8, 4) is 0 Å². The van der Waals surface area contributed by atoms with E-state index in [1.807, 2.05) is 29.2 Å². The average Bonchev–Trinajstić information content (AvgIpc) is 3.23. The van der Waals surface area contributed by atoms with Gasteiger partial charge in [-0.15, -0.1) is 11.8 Å². The Morgan fingerprint density at radius 3 is 2.58 bits per heavy atom. The number of aromatic nitrogens is 1. The molecule has 1 aliphatic heterocycles. The predicted octanol–water partition coefficient (Wildman–Crippen LogP) is 5.02. The third-order valence-corrected chi connectivity index (χ3v) is 7.84. The first-order valence-electron chi connectivity index (χ1n) is 10.4. The second-order valence-corrected chi connectivity index (χ2v) is 10.1. The third kappa shape index (κ3) is 5.59. The summed E-state index contributed by atoms with van der Waals surface area (Å²) in [6.07, 6.45) is 0. The molecule has 8 heteroatoms. The van der Waals surface area contributed by atoms with Gasteiger partial charge in [0.05, 0.1) is 29.2 Å². The van der Waals surface area contributed by atoms with E-state index in [1.54, 1.807) is 11.3 Å². The van der Waals surface area contributed by atoms with Gasteiger partial charge in [0.15, 0.2) is 5.13 Å². The number of morpholine rings is 1. The SMILES string of the molecule is Cc1ccc(C)c2sc(N(CCN3CCOCC3)C(=O)CSc3ccc(Cl)cc3)nc12. The Morgan fingerprint density at radius 1 is 1.16 bits per heavy atom. The lowest BCUT2D eigenvalue weighted by molar-refractivity contribution is -0.116. The molecular weight excluding hydrogens is 450 g/mol. The van der Waals surface area contributed by atoms with Crippen LogP contribution in [0.5, 0.6) is 0 Å². The lowest BCUT2D eigenvalue weighted by atomic mass is 10.1. The lowest BCUT2D eigenvalue weighted by Gasteiger charge is -2.29. The second-order valence-electron chi connectivity index (χ2n) is 7.62. The van der Waals surface area contributed by atoms with Crippen molar-refractivity contribution in [1.82, 2.24) is 9.88 Å². The maximum absolute atomic E-state index is 13.3. The first-order chi connectivity index (χ1) is 15.0. The summed E-state index contributed by atoms with van der Waals surface area (Å²) in [6, 6.07) is 11.8. The van der Waals surface area contributed by atoms with E-state index in [0.29, 0.717) is 17.3 Å². The quantitative estimate of drug-likeness (QED) is 0.449. The van der Waals surface area contributed by atoms with Gasteiger partial charge in [0.1, 0.15) is 0 Å². The van der Waals surface area contributed by atoms with Gasteiger partial charge in [0.25, 0.3) is 0 Å². The molecule has 2 heterocycles. The topological polar surface area (TPSA) is 45.7 Å². The molecule has 1 saturated heterocycles. The van der Waals surface area contributed by atoms with Gasteiger partial charge >= 0.3 is 0 Å². The van der Waals surface area contributed by atoms with Gasteiger partial charge in [-0.05, 0) is 49.2 Å². The van der Waals surface area contributed by atoms with Crippen LogP contribution in [0.15, 0.2) is 41.3 Å². The number of rotatable bonds is 7.